The summed E-state index contributed by atoms with van der Waals surface area (Å²) in [5.41, 5.74) is 6.15. The van der Waals surface area contributed by atoms with E-state index in [9.17, 15) is 0 Å². The third-order valence-corrected chi connectivity index (χ3v) is 4.40. The summed E-state index contributed by atoms with van der Waals surface area (Å²) in [5.74, 6) is 0. The number of aryl methyl sites for hydroxylation is 2. The zero-order chi connectivity index (χ0) is 16.7. The molecular formula is C19H15ClN4. The van der Waals surface area contributed by atoms with E-state index in [-0.39, 0.29) is 0 Å². The van der Waals surface area contributed by atoms with Gasteiger partial charge in [0.1, 0.15) is 5.15 Å². The van der Waals surface area contributed by atoms with Crippen LogP contribution >= 0.6 is 11.6 Å². The van der Waals surface area contributed by atoms with Gasteiger partial charge in [0.15, 0.2) is 5.65 Å². The van der Waals surface area contributed by atoms with Crippen LogP contribution in [-0.2, 0) is 0 Å². The van der Waals surface area contributed by atoms with Crippen LogP contribution in [0, 0.1) is 13.8 Å². The van der Waals surface area contributed by atoms with Crippen LogP contribution in [0.4, 0.5) is 0 Å². The molecule has 5 heteroatoms. The van der Waals surface area contributed by atoms with Gasteiger partial charge in [0.2, 0.25) is 0 Å². The van der Waals surface area contributed by atoms with Gasteiger partial charge < -0.3 is 0 Å². The predicted octanol–water partition coefficient (Wildman–Crippen LogP) is 4.73. The van der Waals surface area contributed by atoms with E-state index in [0.29, 0.717) is 5.15 Å². The standard InChI is InChI=1S/C19H15ClN4/c1-12-16(14-8-4-3-5-9-14)18(20)24-19(22-12)17(13(2)23-24)15-10-6-7-11-21-15/h3-11H,1-2H3. The Balaban J connectivity index is 2.03. The highest BCUT2D eigenvalue weighted by Crippen LogP contribution is 2.34. The summed E-state index contributed by atoms with van der Waals surface area (Å²) in [6.07, 6.45) is 1.77. The minimum atomic E-state index is 0.564. The SMILES string of the molecule is Cc1nc2c(-c3ccccn3)c(C)nn2c(Cl)c1-c1ccccc1. The maximum Gasteiger partial charge on any atom is 0.166 e. The quantitative estimate of drug-likeness (QED) is 0.498. The smallest absolute Gasteiger partial charge is 0.166 e. The summed E-state index contributed by atoms with van der Waals surface area (Å²) in [5, 5.41) is 5.16. The molecule has 0 aliphatic heterocycles. The summed E-state index contributed by atoms with van der Waals surface area (Å²) >= 11 is 6.69. The predicted molar refractivity (Wildman–Crippen MR) is 96.1 cm³/mol. The Kier molecular flexibility index (Phi) is 3.54. The molecule has 4 nitrogen and oxygen atoms in total. The first kappa shape index (κ1) is 14.8. The maximum absolute atomic E-state index is 6.69. The molecule has 118 valence electrons. The summed E-state index contributed by atoms with van der Waals surface area (Å²) in [6, 6.07) is 15.8. The molecule has 0 aliphatic carbocycles. The molecule has 4 rings (SSSR count). The van der Waals surface area contributed by atoms with E-state index in [2.05, 4.69) is 10.1 Å². The molecule has 0 fully saturated rings. The molecule has 0 saturated heterocycles. The van der Waals surface area contributed by atoms with Crippen LogP contribution in [0.15, 0.2) is 54.7 Å². The topological polar surface area (TPSA) is 43.1 Å². The lowest BCUT2D eigenvalue weighted by molar-refractivity contribution is 0.912. The van der Waals surface area contributed by atoms with Crippen molar-refractivity contribution in [1.29, 1.82) is 0 Å². The van der Waals surface area contributed by atoms with E-state index in [1.54, 1.807) is 10.7 Å². The van der Waals surface area contributed by atoms with Gasteiger partial charge in [0, 0.05) is 11.8 Å². The number of nitrogens with zero attached hydrogens (tertiary/aromatic N) is 4. The Morgan fingerprint density at radius 1 is 0.875 bits per heavy atom. The van der Waals surface area contributed by atoms with Crippen molar-refractivity contribution in [3.63, 3.8) is 0 Å². The lowest BCUT2D eigenvalue weighted by Crippen LogP contribution is -1.99. The molecule has 3 heterocycles. The van der Waals surface area contributed by atoms with Crippen molar-refractivity contribution in [1.82, 2.24) is 19.6 Å². The number of rotatable bonds is 2. The minimum absolute atomic E-state index is 0.564. The number of fused-ring (bicyclic) bond motifs is 1. The van der Waals surface area contributed by atoms with Gasteiger partial charge in [-0.25, -0.2) is 9.50 Å². The van der Waals surface area contributed by atoms with Crippen molar-refractivity contribution in [3.8, 4) is 22.4 Å². The minimum Gasteiger partial charge on any atom is -0.256 e. The van der Waals surface area contributed by atoms with Crippen molar-refractivity contribution in [2.75, 3.05) is 0 Å². The first-order chi connectivity index (χ1) is 11.7. The molecule has 0 radical (unpaired) electrons. The second-order valence-corrected chi connectivity index (χ2v) is 6.00. The van der Waals surface area contributed by atoms with Crippen molar-refractivity contribution in [3.05, 3.63) is 71.3 Å². The molecule has 4 aromatic rings. The zero-order valence-electron chi connectivity index (χ0n) is 13.4. The van der Waals surface area contributed by atoms with Gasteiger partial charge in [-0.3, -0.25) is 4.98 Å². The second-order valence-electron chi connectivity index (χ2n) is 5.64. The van der Waals surface area contributed by atoms with Gasteiger partial charge in [-0.05, 0) is 31.5 Å². The van der Waals surface area contributed by atoms with Crippen molar-refractivity contribution >= 4 is 17.2 Å². The Morgan fingerprint density at radius 2 is 1.62 bits per heavy atom. The van der Waals surface area contributed by atoms with Crippen LogP contribution in [0.3, 0.4) is 0 Å². The third kappa shape index (κ3) is 2.27. The molecule has 0 aliphatic rings. The highest BCUT2D eigenvalue weighted by atomic mass is 35.5. The Bertz CT molecular complexity index is 1020. The Morgan fingerprint density at radius 3 is 2.33 bits per heavy atom. The fraction of sp³-hybridized carbons (Fsp3) is 0.105. The van der Waals surface area contributed by atoms with Gasteiger partial charge in [-0.1, -0.05) is 48.0 Å². The summed E-state index contributed by atoms with van der Waals surface area (Å²) < 4.78 is 1.70. The summed E-state index contributed by atoms with van der Waals surface area (Å²) in [6.45, 7) is 3.92. The number of benzene rings is 1. The maximum atomic E-state index is 6.69. The van der Waals surface area contributed by atoms with Gasteiger partial charge in [-0.15, -0.1) is 0 Å². The lowest BCUT2D eigenvalue weighted by atomic mass is 10.1. The van der Waals surface area contributed by atoms with E-state index in [4.69, 9.17) is 16.6 Å². The largest absolute Gasteiger partial charge is 0.256 e. The zero-order valence-corrected chi connectivity index (χ0v) is 14.1. The molecule has 24 heavy (non-hydrogen) atoms. The van der Waals surface area contributed by atoms with Gasteiger partial charge in [0.25, 0.3) is 0 Å². The fourth-order valence-electron chi connectivity index (χ4n) is 2.97. The number of hydrogen-bond acceptors (Lipinski definition) is 3. The number of hydrogen-bond donors (Lipinski definition) is 0. The first-order valence-electron chi connectivity index (χ1n) is 7.69. The van der Waals surface area contributed by atoms with Crippen LogP contribution in [0.5, 0.6) is 0 Å². The molecule has 1 aromatic carbocycles. The third-order valence-electron chi connectivity index (χ3n) is 4.05. The van der Waals surface area contributed by atoms with Crippen LogP contribution in [-0.4, -0.2) is 19.6 Å². The molecule has 0 bridgehead atoms. The molecule has 0 N–H and O–H groups in total. The van der Waals surface area contributed by atoms with E-state index >= 15 is 0 Å². The highest BCUT2D eigenvalue weighted by Gasteiger charge is 2.20. The van der Waals surface area contributed by atoms with Gasteiger partial charge in [0.05, 0.1) is 22.6 Å². The van der Waals surface area contributed by atoms with E-state index < -0.39 is 0 Å². The average Bonchev–Trinajstić information content (AvgIpc) is 2.93. The molecule has 0 amide bonds. The molecule has 0 unspecified atom stereocenters. The average molecular weight is 335 g/mol. The first-order valence-corrected chi connectivity index (χ1v) is 8.07. The van der Waals surface area contributed by atoms with Crippen molar-refractivity contribution < 1.29 is 0 Å². The Labute approximate surface area is 144 Å². The lowest BCUT2D eigenvalue weighted by Gasteiger charge is -2.10. The van der Waals surface area contributed by atoms with Gasteiger partial charge >= 0.3 is 0 Å². The fourth-order valence-corrected chi connectivity index (χ4v) is 3.33. The van der Waals surface area contributed by atoms with Crippen molar-refractivity contribution in [2.45, 2.75) is 13.8 Å². The van der Waals surface area contributed by atoms with Crippen LogP contribution in [0.2, 0.25) is 5.15 Å². The van der Waals surface area contributed by atoms with E-state index in [1.165, 1.54) is 0 Å². The highest BCUT2D eigenvalue weighted by molar-refractivity contribution is 6.32. The summed E-state index contributed by atoms with van der Waals surface area (Å²) in [4.78, 5) is 9.22. The molecule has 0 saturated carbocycles. The van der Waals surface area contributed by atoms with Crippen LogP contribution < -0.4 is 0 Å². The Hall–Kier alpha value is -2.72. The number of halogens is 1. The molecular weight excluding hydrogens is 320 g/mol. The molecule has 3 aromatic heterocycles. The van der Waals surface area contributed by atoms with E-state index in [0.717, 1.165) is 39.4 Å². The van der Waals surface area contributed by atoms with Crippen LogP contribution in [0.25, 0.3) is 28.0 Å². The monoisotopic (exact) mass is 334 g/mol. The van der Waals surface area contributed by atoms with E-state index in [1.807, 2.05) is 62.4 Å². The second kappa shape index (κ2) is 5.73. The number of pyridine rings is 1. The molecule has 0 spiro atoms. The number of aromatic nitrogens is 4. The van der Waals surface area contributed by atoms with Crippen molar-refractivity contribution in [2.24, 2.45) is 0 Å². The normalized spacial score (nSPS) is 11.1. The summed E-state index contributed by atoms with van der Waals surface area (Å²) in [7, 11) is 0. The van der Waals surface area contributed by atoms with Crippen LogP contribution in [0.1, 0.15) is 11.4 Å². The van der Waals surface area contributed by atoms with Gasteiger partial charge in [-0.2, -0.15) is 5.10 Å². The molecule has 0 atom stereocenters.